The number of carbonyl (C=O) groups is 2. The summed E-state index contributed by atoms with van der Waals surface area (Å²) in [6, 6.07) is 5.57. The molecule has 0 saturated heterocycles. The van der Waals surface area contributed by atoms with Gasteiger partial charge in [0, 0.05) is 5.56 Å². The van der Waals surface area contributed by atoms with Gasteiger partial charge in [0.1, 0.15) is 6.10 Å². The van der Waals surface area contributed by atoms with Gasteiger partial charge < -0.3 is 4.74 Å². The lowest BCUT2D eigenvalue weighted by molar-refractivity contribution is -0.145. The van der Waals surface area contributed by atoms with Crippen molar-refractivity contribution < 1.29 is 22.7 Å². The molecule has 0 aliphatic heterocycles. The number of Topliss-reactive ketones (excluding diaryl/α,β-unsaturated/α-hetero) is 1. The predicted octanol–water partition coefficient (Wildman–Crippen LogP) is 2.15. The molecule has 1 aromatic rings. The van der Waals surface area contributed by atoms with E-state index in [1.165, 1.54) is 31.2 Å². The molecular weight excluding hydrogens is 292 g/mol. The van der Waals surface area contributed by atoms with Gasteiger partial charge in [0.05, 0.1) is 4.90 Å². The number of hydrogen-bond acceptors (Lipinski definition) is 5. The van der Waals surface area contributed by atoms with Crippen molar-refractivity contribution >= 4 is 21.6 Å². The summed E-state index contributed by atoms with van der Waals surface area (Å²) < 4.78 is 29.4. The SMILES string of the molecule is CC(=O)c1ccc(S(=O)(=O)CC(=O)OC2CCCC2)cc1. The van der Waals surface area contributed by atoms with Crippen LogP contribution in [0, 0.1) is 0 Å². The summed E-state index contributed by atoms with van der Waals surface area (Å²) in [6.07, 6.45) is 3.49. The number of ketones is 1. The predicted molar refractivity (Wildman–Crippen MR) is 76.8 cm³/mol. The monoisotopic (exact) mass is 310 g/mol. The third kappa shape index (κ3) is 4.14. The normalized spacial score (nSPS) is 15.9. The minimum absolute atomic E-state index is 0.0240. The van der Waals surface area contributed by atoms with E-state index in [9.17, 15) is 18.0 Å². The first-order chi connectivity index (χ1) is 9.88. The molecule has 21 heavy (non-hydrogen) atoms. The fourth-order valence-corrected chi connectivity index (χ4v) is 3.46. The van der Waals surface area contributed by atoms with Crippen molar-refractivity contribution in [3.8, 4) is 0 Å². The summed E-state index contributed by atoms with van der Waals surface area (Å²) in [5.41, 5.74) is 0.433. The van der Waals surface area contributed by atoms with Crippen molar-refractivity contribution in [3.63, 3.8) is 0 Å². The van der Waals surface area contributed by atoms with E-state index >= 15 is 0 Å². The molecule has 1 saturated carbocycles. The van der Waals surface area contributed by atoms with Crippen LogP contribution in [0.25, 0.3) is 0 Å². The lowest BCUT2D eigenvalue weighted by Gasteiger charge is -2.11. The van der Waals surface area contributed by atoms with Gasteiger partial charge in [0.25, 0.3) is 0 Å². The van der Waals surface area contributed by atoms with Crippen LogP contribution in [0.3, 0.4) is 0 Å². The average Bonchev–Trinajstić information content (AvgIpc) is 2.90. The number of benzene rings is 1. The molecule has 0 spiro atoms. The zero-order valence-electron chi connectivity index (χ0n) is 11.9. The maximum absolute atomic E-state index is 12.1. The van der Waals surface area contributed by atoms with Crippen molar-refractivity contribution in [1.29, 1.82) is 0 Å². The molecule has 114 valence electrons. The van der Waals surface area contributed by atoms with Gasteiger partial charge in [0.2, 0.25) is 0 Å². The Balaban J connectivity index is 2.03. The minimum atomic E-state index is -3.73. The van der Waals surface area contributed by atoms with Gasteiger partial charge in [-0.2, -0.15) is 0 Å². The molecular formula is C15H18O5S. The van der Waals surface area contributed by atoms with Crippen molar-refractivity contribution in [2.75, 3.05) is 5.75 Å². The molecule has 1 aliphatic carbocycles. The van der Waals surface area contributed by atoms with E-state index in [2.05, 4.69) is 0 Å². The van der Waals surface area contributed by atoms with Crippen LogP contribution in [-0.2, 0) is 19.4 Å². The van der Waals surface area contributed by atoms with Gasteiger partial charge in [-0.15, -0.1) is 0 Å². The third-order valence-electron chi connectivity index (χ3n) is 3.53. The first-order valence-electron chi connectivity index (χ1n) is 6.92. The van der Waals surface area contributed by atoms with Crippen LogP contribution in [0.4, 0.5) is 0 Å². The van der Waals surface area contributed by atoms with Crippen LogP contribution in [0.1, 0.15) is 43.0 Å². The zero-order chi connectivity index (χ0) is 15.5. The van der Waals surface area contributed by atoms with Crippen molar-refractivity contribution in [1.82, 2.24) is 0 Å². The smallest absolute Gasteiger partial charge is 0.321 e. The molecule has 0 heterocycles. The summed E-state index contributed by atoms with van der Waals surface area (Å²) in [5, 5.41) is 0. The van der Waals surface area contributed by atoms with Crippen LogP contribution >= 0.6 is 0 Å². The molecule has 1 aromatic carbocycles. The summed E-state index contributed by atoms with van der Waals surface area (Å²) in [4.78, 5) is 22.9. The van der Waals surface area contributed by atoms with E-state index in [4.69, 9.17) is 4.74 Å². The van der Waals surface area contributed by atoms with Gasteiger partial charge in [-0.3, -0.25) is 9.59 Å². The highest BCUT2D eigenvalue weighted by molar-refractivity contribution is 7.92. The van der Waals surface area contributed by atoms with Crippen LogP contribution in [-0.4, -0.2) is 32.0 Å². The number of sulfone groups is 1. The fraction of sp³-hybridized carbons (Fsp3) is 0.467. The maximum Gasteiger partial charge on any atom is 0.321 e. The topological polar surface area (TPSA) is 77.5 Å². The quantitative estimate of drug-likeness (QED) is 0.615. The molecule has 0 amide bonds. The van der Waals surface area contributed by atoms with Crippen molar-refractivity contribution in [3.05, 3.63) is 29.8 Å². The number of esters is 1. The Morgan fingerprint density at radius 1 is 1.14 bits per heavy atom. The highest BCUT2D eigenvalue weighted by atomic mass is 32.2. The van der Waals surface area contributed by atoms with Crippen LogP contribution in [0.15, 0.2) is 29.2 Å². The van der Waals surface area contributed by atoms with E-state index < -0.39 is 21.6 Å². The van der Waals surface area contributed by atoms with E-state index in [1.807, 2.05) is 0 Å². The Bertz CT molecular complexity index is 625. The van der Waals surface area contributed by atoms with Gasteiger partial charge in [0.15, 0.2) is 21.4 Å². The molecule has 6 heteroatoms. The number of ether oxygens (including phenoxy) is 1. The Morgan fingerprint density at radius 3 is 2.24 bits per heavy atom. The van der Waals surface area contributed by atoms with E-state index in [1.54, 1.807) is 0 Å². The van der Waals surface area contributed by atoms with Gasteiger partial charge in [-0.05, 0) is 44.7 Å². The molecule has 5 nitrogen and oxygen atoms in total. The van der Waals surface area contributed by atoms with Crippen LogP contribution < -0.4 is 0 Å². The number of rotatable bonds is 5. The standard InChI is InChI=1S/C15H18O5S/c1-11(16)12-6-8-14(9-7-12)21(18,19)10-15(17)20-13-4-2-3-5-13/h6-9,13H,2-5,10H2,1H3. The highest BCUT2D eigenvalue weighted by Gasteiger charge is 2.24. The second kappa shape index (κ2) is 6.39. The maximum atomic E-state index is 12.1. The Morgan fingerprint density at radius 2 is 1.71 bits per heavy atom. The number of hydrogen-bond donors (Lipinski definition) is 0. The lowest BCUT2D eigenvalue weighted by Crippen LogP contribution is -2.23. The summed E-state index contributed by atoms with van der Waals surface area (Å²) in [6.45, 7) is 1.41. The number of carbonyl (C=O) groups excluding carboxylic acids is 2. The second-order valence-corrected chi connectivity index (χ2v) is 7.23. The molecule has 0 radical (unpaired) electrons. The summed E-state index contributed by atoms with van der Waals surface area (Å²) >= 11 is 0. The largest absolute Gasteiger partial charge is 0.462 e. The summed E-state index contributed by atoms with van der Waals surface area (Å²) in [5.74, 6) is -1.51. The third-order valence-corrected chi connectivity index (χ3v) is 5.13. The van der Waals surface area contributed by atoms with E-state index in [0.29, 0.717) is 5.56 Å². The molecule has 0 unspecified atom stereocenters. The second-order valence-electron chi connectivity index (χ2n) is 5.24. The zero-order valence-corrected chi connectivity index (χ0v) is 12.7. The van der Waals surface area contributed by atoms with Crippen LogP contribution in [0.5, 0.6) is 0 Å². The average molecular weight is 310 g/mol. The highest BCUT2D eigenvalue weighted by Crippen LogP contribution is 2.21. The van der Waals surface area contributed by atoms with E-state index in [-0.39, 0.29) is 16.8 Å². The molecule has 2 rings (SSSR count). The van der Waals surface area contributed by atoms with Gasteiger partial charge in [-0.25, -0.2) is 8.42 Å². The Hall–Kier alpha value is -1.69. The summed E-state index contributed by atoms with van der Waals surface area (Å²) in [7, 11) is -3.73. The Labute approximate surface area is 124 Å². The van der Waals surface area contributed by atoms with Gasteiger partial charge in [-0.1, -0.05) is 12.1 Å². The molecule has 0 aromatic heterocycles. The lowest BCUT2D eigenvalue weighted by atomic mass is 10.2. The fourth-order valence-electron chi connectivity index (χ4n) is 2.36. The van der Waals surface area contributed by atoms with Gasteiger partial charge >= 0.3 is 5.97 Å². The van der Waals surface area contributed by atoms with E-state index in [0.717, 1.165) is 25.7 Å². The van der Waals surface area contributed by atoms with Crippen molar-refractivity contribution in [2.24, 2.45) is 0 Å². The molecule has 1 fully saturated rings. The first-order valence-corrected chi connectivity index (χ1v) is 8.57. The van der Waals surface area contributed by atoms with Crippen molar-refractivity contribution in [2.45, 2.75) is 43.6 Å². The first kappa shape index (κ1) is 15.7. The molecule has 1 aliphatic rings. The molecule has 0 bridgehead atoms. The van der Waals surface area contributed by atoms with Crippen LogP contribution in [0.2, 0.25) is 0 Å². The minimum Gasteiger partial charge on any atom is -0.462 e. The Kier molecular flexibility index (Phi) is 4.77. The molecule has 0 atom stereocenters. The molecule has 0 N–H and O–H groups in total.